The highest BCUT2D eigenvalue weighted by Gasteiger charge is 2.26. The molecule has 2 aromatic carbocycles. The van der Waals surface area contributed by atoms with E-state index in [0.29, 0.717) is 31.9 Å². The van der Waals surface area contributed by atoms with Crippen molar-refractivity contribution in [3.05, 3.63) is 77.7 Å². The molecule has 0 saturated carbocycles. The highest BCUT2D eigenvalue weighted by molar-refractivity contribution is 5.93. The van der Waals surface area contributed by atoms with Crippen LogP contribution in [0.3, 0.4) is 0 Å². The van der Waals surface area contributed by atoms with Crippen LogP contribution in [0.1, 0.15) is 21.7 Å². The number of urea groups is 1. The Bertz CT molecular complexity index is 1070. The van der Waals surface area contributed by atoms with E-state index in [0.717, 1.165) is 12.1 Å². The summed E-state index contributed by atoms with van der Waals surface area (Å²) in [6, 6.07) is 17.7. The first-order valence-electron chi connectivity index (χ1n) is 9.79. The van der Waals surface area contributed by atoms with E-state index in [1.54, 1.807) is 21.9 Å². The molecule has 1 aromatic heterocycles. The Morgan fingerprint density at radius 2 is 1.59 bits per heavy atom. The minimum absolute atomic E-state index is 0.131. The molecule has 2 heterocycles. The largest absolute Gasteiger partial charge is 0.459 e. The molecule has 1 aliphatic heterocycles. The molecule has 0 radical (unpaired) electrons. The number of benzene rings is 2. The highest BCUT2D eigenvalue weighted by Crippen LogP contribution is 2.37. The van der Waals surface area contributed by atoms with E-state index < -0.39 is 0 Å². The number of piperazine rings is 1. The zero-order chi connectivity index (χ0) is 19.8. The van der Waals surface area contributed by atoms with Crippen LogP contribution in [0.15, 0.2) is 65.3 Å². The van der Waals surface area contributed by atoms with Gasteiger partial charge in [0.2, 0.25) is 0 Å². The van der Waals surface area contributed by atoms with Gasteiger partial charge in [0.25, 0.3) is 5.91 Å². The van der Waals surface area contributed by atoms with Crippen molar-refractivity contribution in [1.29, 1.82) is 0 Å². The van der Waals surface area contributed by atoms with E-state index in [4.69, 9.17) is 4.42 Å². The Labute approximate surface area is 168 Å². The molecule has 1 N–H and O–H groups in total. The average molecular weight is 387 g/mol. The van der Waals surface area contributed by atoms with Crippen LogP contribution in [-0.4, -0.2) is 47.9 Å². The summed E-state index contributed by atoms with van der Waals surface area (Å²) in [5.74, 6) is 0.204. The normalized spacial score (nSPS) is 15.0. The Morgan fingerprint density at radius 1 is 0.828 bits per heavy atom. The molecule has 0 atom stereocenters. The van der Waals surface area contributed by atoms with Gasteiger partial charge in [-0.25, -0.2) is 4.79 Å². The van der Waals surface area contributed by atoms with Crippen molar-refractivity contribution in [2.75, 3.05) is 31.5 Å². The van der Waals surface area contributed by atoms with Gasteiger partial charge in [-0.05, 0) is 52.9 Å². The Kier molecular flexibility index (Phi) is 4.31. The third-order valence-corrected chi connectivity index (χ3v) is 5.63. The van der Waals surface area contributed by atoms with E-state index >= 15 is 0 Å². The molecule has 1 aliphatic carbocycles. The predicted molar refractivity (Wildman–Crippen MR) is 110 cm³/mol. The van der Waals surface area contributed by atoms with Crippen LogP contribution in [0.5, 0.6) is 0 Å². The van der Waals surface area contributed by atoms with Crippen molar-refractivity contribution in [3.8, 4) is 11.1 Å². The second kappa shape index (κ2) is 7.13. The summed E-state index contributed by atoms with van der Waals surface area (Å²) in [6.45, 7) is 1.97. The molecule has 146 valence electrons. The van der Waals surface area contributed by atoms with E-state index in [-0.39, 0.29) is 11.9 Å². The van der Waals surface area contributed by atoms with Crippen LogP contribution in [0, 0.1) is 0 Å². The van der Waals surface area contributed by atoms with Crippen molar-refractivity contribution in [2.24, 2.45) is 0 Å². The predicted octanol–water partition coefficient (Wildman–Crippen LogP) is 3.84. The fraction of sp³-hybridized carbons (Fsp3) is 0.217. The highest BCUT2D eigenvalue weighted by atomic mass is 16.3. The van der Waals surface area contributed by atoms with Crippen molar-refractivity contribution < 1.29 is 14.0 Å². The van der Waals surface area contributed by atoms with Crippen LogP contribution in [0.25, 0.3) is 11.1 Å². The van der Waals surface area contributed by atoms with Gasteiger partial charge in [-0.15, -0.1) is 0 Å². The monoisotopic (exact) mass is 387 g/mol. The van der Waals surface area contributed by atoms with E-state index in [2.05, 4.69) is 41.7 Å². The van der Waals surface area contributed by atoms with Gasteiger partial charge in [0.1, 0.15) is 0 Å². The first kappa shape index (κ1) is 17.6. The molecule has 6 nitrogen and oxygen atoms in total. The molecular formula is C23H21N3O3. The Hall–Kier alpha value is -3.54. The van der Waals surface area contributed by atoms with Crippen molar-refractivity contribution in [1.82, 2.24) is 9.80 Å². The van der Waals surface area contributed by atoms with Crippen LogP contribution in [0.4, 0.5) is 10.5 Å². The number of amides is 3. The maximum Gasteiger partial charge on any atom is 0.321 e. The summed E-state index contributed by atoms with van der Waals surface area (Å²) < 4.78 is 5.18. The van der Waals surface area contributed by atoms with Crippen LogP contribution in [0.2, 0.25) is 0 Å². The van der Waals surface area contributed by atoms with Crippen LogP contribution in [-0.2, 0) is 6.42 Å². The molecule has 2 aliphatic rings. The number of carbonyl (C=O) groups excluding carboxylic acids is 2. The second-order valence-corrected chi connectivity index (χ2v) is 7.39. The molecule has 5 rings (SSSR count). The Balaban J connectivity index is 1.21. The smallest absolute Gasteiger partial charge is 0.321 e. The number of furan rings is 1. The first-order chi connectivity index (χ1) is 14.2. The number of hydrogen-bond acceptors (Lipinski definition) is 3. The minimum atomic E-state index is -0.134. The van der Waals surface area contributed by atoms with Gasteiger partial charge in [-0.2, -0.15) is 0 Å². The zero-order valence-corrected chi connectivity index (χ0v) is 15.9. The van der Waals surface area contributed by atoms with Crippen molar-refractivity contribution in [2.45, 2.75) is 6.42 Å². The summed E-state index contributed by atoms with van der Waals surface area (Å²) >= 11 is 0. The second-order valence-electron chi connectivity index (χ2n) is 7.39. The van der Waals surface area contributed by atoms with E-state index in [1.165, 1.54) is 28.5 Å². The van der Waals surface area contributed by atoms with Crippen LogP contribution < -0.4 is 5.32 Å². The fourth-order valence-corrected chi connectivity index (χ4v) is 4.09. The number of nitrogens with one attached hydrogen (secondary N) is 1. The SMILES string of the molecule is O=C(Nc1ccc2c(c1)Cc1ccccc1-2)N1CCN(C(=O)c2ccco2)CC1. The third-order valence-electron chi connectivity index (χ3n) is 5.63. The van der Waals surface area contributed by atoms with Gasteiger partial charge < -0.3 is 19.5 Å². The van der Waals surface area contributed by atoms with E-state index in [1.807, 2.05) is 6.07 Å². The maximum absolute atomic E-state index is 12.7. The summed E-state index contributed by atoms with van der Waals surface area (Å²) in [6.07, 6.45) is 2.38. The summed E-state index contributed by atoms with van der Waals surface area (Å²) in [4.78, 5) is 28.5. The quantitative estimate of drug-likeness (QED) is 0.568. The van der Waals surface area contributed by atoms with Gasteiger partial charge in [0.15, 0.2) is 5.76 Å². The lowest BCUT2D eigenvalue weighted by Crippen LogP contribution is -2.51. The average Bonchev–Trinajstić information content (AvgIpc) is 3.41. The standard InChI is InChI=1S/C23H21N3O3/c27-22(21-6-3-13-29-21)25-9-11-26(12-10-25)23(28)24-18-7-8-20-17(15-18)14-16-4-1-2-5-19(16)20/h1-8,13,15H,9-12,14H2,(H,24,28). The summed E-state index contributed by atoms with van der Waals surface area (Å²) in [5, 5.41) is 3.00. The molecule has 6 heteroatoms. The summed E-state index contributed by atoms with van der Waals surface area (Å²) in [7, 11) is 0. The number of fused-ring (bicyclic) bond motifs is 3. The number of nitrogens with zero attached hydrogens (tertiary/aromatic N) is 2. The maximum atomic E-state index is 12.7. The van der Waals surface area contributed by atoms with Gasteiger partial charge in [0.05, 0.1) is 6.26 Å². The van der Waals surface area contributed by atoms with Crippen molar-refractivity contribution >= 4 is 17.6 Å². The van der Waals surface area contributed by atoms with Gasteiger partial charge in [0, 0.05) is 31.9 Å². The van der Waals surface area contributed by atoms with Crippen molar-refractivity contribution in [3.63, 3.8) is 0 Å². The fourth-order valence-electron chi connectivity index (χ4n) is 4.09. The third kappa shape index (κ3) is 3.27. The lowest BCUT2D eigenvalue weighted by molar-refractivity contribution is 0.0640. The molecule has 0 spiro atoms. The van der Waals surface area contributed by atoms with Crippen LogP contribution >= 0.6 is 0 Å². The van der Waals surface area contributed by atoms with Gasteiger partial charge in [-0.3, -0.25) is 4.79 Å². The molecule has 3 aromatic rings. The molecule has 29 heavy (non-hydrogen) atoms. The van der Waals surface area contributed by atoms with Gasteiger partial charge >= 0.3 is 6.03 Å². The van der Waals surface area contributed by atoms with Gasteiger partial charge in [-0.1, -0.05) is 30.3 Å². The minimum Gasteiger partial charge on any atom is -0.459 e. The Morgan fingerprint density at radius 3 is 2.38 bits per heavy atom. The number of hydrogen-bond donors (Lipinski definition) is 1. The number of anilines is 1. The molecule has 0 unspecified atom stereocenters. The summed E-state index contributed by atoms with van der Waals surface area (Å²) in [5.41, 5.74) is 5.87. The molecular weight excluding hydrogens is 366 g/mol. The molecule has 0 bridgehead atoms. The number of rotatable bonds is 2. The topological polar surface area (TPSA) is 65.8 Å². The van der Waals surface area contributed by atoms with E-state index in [9.17, 15) is 9.59 Å². The lowest BCUT2D eigenvalue weighted by atomic mass is 10.1. The number of carbonyl (C=O) groups is 2. The lowest BCUT2D eigenvalue weighted by Gasteiger charge is -2.34. The molecule has 1 fully saturated rings. The molecule has 1 saturated heterocycles. The zero-order valence-electron chi connectivity index (χ0n) is 15.9. The first-order valence-corrected chi connectivity index (χ1v) is 9.79. The molecule has 3 amide bonds.